The molecule has 1 saturated heterocycles. The average Bonchev–Trinajstić information content (AvgIpc) is 3.22. The summed E-state index contributed by atoms with van der Waals surface area (Å²) in [5.74, 6) is 2.04. The fourth-order valence-corrected chi connectivity index (χ4v) is 3.17. The van der Waals surface area contributed by atoms with Crippen LogP contribution in [0.3, 0.4) is 0 Å². The van der Waals surface area contributed by atoms with E-state index in [0.717, 1.165) is 50.1 Å². The summed E-state index contributed by atoms with van der Waals surface area (Å²) >= 11 is 0. The Kier molecular flexibility index (Phi) is 4.54. The van der Waals surface area contributed by atoms with Crippen LogP contribution in [0.1, 0.15) is 30.7 Å². The van der Waals surface area contributed by atoms with E-state index in [9.17, 15) is 0 Å². The monoisotopic (exact) mass is 304 g/mol. The molecule has 1 atom stereocenters. The Hall–Kier alpha value is -1.73. The normalized spacial score (nSPS) is 19.4. The second-order valence-corrected chi connectivity index (χ2v) is 5.99. The van der Waals surface area contributed by atoms with Crippen molar-refractivity contribution < 1.29 is 4.52 Å². The van der Waals surface area contributed by atoms with Crippen LogP contribution in [-0.4, -0.2) is 55.9 Å². The fourth-order valence-electron chi connectivity index (χ4n) is 3.17. The zero-order valence-electron chi connectivity index (χ0n) is 13.6. The molecule has 0 radical (unpaired) electrons. The first-order valence-electron chi connectivity index (χ1n) is 7.88. The fraction of sp³-hybridized carbons (Fsp3) is 0.667. The maximum absolute atomic E-state index is 4.90. The third-order valence-corrected chi connectivity index (χ3v) is 4.47. The lowest BCUT2D eigenvalue weighted by molar-refractivity contribution is 0.214. The van der Waals surface area contributed by atoms with Crippen LogP contribution < -0.4 is 0 Å². The summed E-state index contributed by atoms with van der Waals surface area (Å²) in [5.41, 5.74) is 1.00. The summed E-state index contributed by atoms with van der Waals surface area (Å²) in [5, 5.41) is 12.5. The van der Waals surface area contributed by atoms with Gasteiger partial charge in [0.05, 0.1) is 12.2 Å². The third-order valence-electron chi connectivity index (χ3n) is 4.47. The lowest BCUT2D eigenvalue weighted by Crippen LogP contribution is -2.34. The third kappa shape index (κ3) is 3.20. The second kappa shape index (κ2) is 6.58. The van der Waals surface area contributed by atoms with Crippen LogP contribution in [0.25, 0.3) is 0 Å². The van der Waals surface area contributed by atoms with Crippen molar-refractivity contribution in [3.05, 3.63) is 29.7 Å². The van der Waals surface area contributed by atoms with Crippen molar-refractivity contribution in [1.29, 1.82) is 0 Å². The molecule has 1 fully saturated rings. The lowest BCUT2D eigenvalue weighted by Gasteiger charge is -2.24. The topological polar surface area (TPSA) is 63.2 Å². The van der Waals surface area contributed by atoms with Crippen LogP contribution in [0, 0.1) is 6.92 Å². The van der Waals surface area contributed by atoms with Gasteiger partial charge in [0.25, 0.3) is 0 Å². The van der Waals surface area contributed by atoms with Gasteiger partial charge in [0.15, 0.2) is 0 Å². The van der Waals surface area contributed by atoms with Crippen molar-refractivity contribution in [3.63, 3.8) is 0 Å². The van der Waals surface area contributed by atoms with Gasteiger partial charge in [-0.1, -0.05) is 5.16 Å². The SMILES string of the molecule is CCn1c(C)nnc1CN(C)[C@H]1CCN(Cc2ccon2)C1. The highest BCUT2D eigenvalue weighted by atomic mass is 16.5. The van der Waals surface area contributed by atoms with Gasteiger partial charge in [0.1, 0.15) is 17.9 Å². The van der Waals surface area contributed by atoms with Gasteiger partial charge in [-0.2, -0.15) is 0 Å². The number of hydrogen-bond acceptors (Lipinski definition) is 6. The standard InChI is InChI=1S/C15H24N6O/c1-4-21-12(2)16-17-15(21)11-19(3)14-5-7-20(10-14)9-13-6-8-22-18-13/h6,8,14H,4-5,7,9-11H2,1-3H3/t14-/m0/s1. The lowest BCUT2D eigenvalue weighted by atomic mass is 10.2. The predicted molar refractivity (Wildman–Crippen MR) is 82.1 cm³/mol. The van der Waals surface area contributed by atoms with Crippen LogP contribution in [0.4, 0.5) is 0 Å². The molecule has 0 unspecified atom stereocenters. The second-order valence-electron chi connectivity index (χ2n) is 5.99. The van der Waals surface area contributed by atoms with Crippen molar-refractivity contribution in [3.8, 4) is 0 Å². The average molecular weight is 304 g/mol. The molecule has 0 saturated carbocycles. The van der Waals surface area contributed by atoms with E-state index in [4.69, 9.17) is 4.52 Å². The summed E-state index contributed by atoms with van der Waals surface area (Å²) in [6.45, 7) is 8.93. The van der Waals surface area contributed by atoms with Gasteiger partial charge in [0, 0.05) is 38.3 Å². The van der Waals surface area contributed by atoms with Crippen LogP contribution in [0.5, 0.6) is 0 Å². The number of hydrogen-bond donors (Lipinski definition) is 0. The molecule has 22 heavy (non-hydrogen) atoms. The highest BCUT2D eigenvalue weighted by Gasteiger charge is 2.27. The number of aromatic nitrogens is 4. The maximum Gasteiger partial charge on any atom is 0.147 e. The Bertz CT molecular complexity index is 593. The molecule has 7 nitrogen and oxygen atoms in total. The molecule has 7 heteroatoms. The Morgan fingerprint density at radius 1 is 1.41 bits per heavy atom. The van der Waals surface area contributed by atoms with Crippen molar-refractivity contribution >= 4 is 0 Å². The zero-order valence-corrected chi connectivity index (χ0v) is 13.6. The van der Waals surface area contributed by atoms with Gasteiger partial charge >= 0.3 is 0 Å². The number of nitrogens with zero attached hydrogens (tertiary/aromatic N) is 6. The smallest absolute Gasteiger partial charge is 0.147 e. The van der Waals surface area contributed by atoms with Crippen molar-refractivity contribution in [1.82, 2.24) is 29.7 Å². The maximum atomic E-state index is 4.90. The number of likely N-dealkylation sites (tertiary alicyclic amines) is 1. The number of likely N-dealkylation sites (N-methyl/N-ethyl adjacent to an activating group) is 1. The molecule has 0 aromatic carbocycles. The van der Waals surface area contributed by atoms with E-state index in [1.54, 1.807) is 6.26 Å². The van der Waals surface area contributed by atoms with E-state index in [1.807, 2.05) is 13.0 Å². The Morgan fingerprint density at radius 2 is 2.27 bits per heavy atom. The summed E-state index contributed by atoms with van der Waals surface area (Å²) in [4.78, 5) is 4.81. The van der Waals surface area contributed by atoms with E-state index in [0.29, 0.717) is 6.04 Å². The zero-order chi connectivity index (χ0) is 15.5. The first-order valence-corrected chi connectivity index (χ1v) is 7.88. The van der Waals surface area contributed by atoms with Crippen molar-refractivity contribution in [2.75, 3.05) is 20.1 Å². The van der Waals surface area contributed by atoms with Gasteiger partial charge in [0.2, 0.25) is 0 Å². The van der Waals surface area contributed by atoms with Crippen LogP contribution in [0.15, 0.2) is 16.9 Å². The molecule has 0 bridgehead atoms. The molecule has 120 valence electrons. The number of rotatable bonds is 6. The molecule has 3 heterocycles. The van der Waals surface area contributed by atoms with Gasteiger partial charge in [-0.3, -0.25) is 9.80 Å². The Balaban J connectivity index is 1.56. The molecular formula is C15H24N6O. The van der Waals surface area contributed by atoms with Crippen molar-refractivity contribution in [2.45, 2.75) is 45.9 Å². The minimum absolute atomic E-state index is 0.550. The van der Waals surface area contributed by atoms with Crippen molar-refractivity contribution in [2.24, 2.45) is 0 Å². The van der Waals surface area contributed by atoms with E-state index in [2.05, 4.69) is 43.7 Å². The van der Waals surface area contributed by atoms with E-state index in [1.165, 1.54) is 6.42 Å². The highest BCUT2D eigenvalue weighted by Crippen LogP contribution is 2.18. The summed E-state index contributed by atoms with van der Waals surface area (Å²) in [6.07, 6.45) is 2.81. The summed E-state index contributed by atoms with van der Waals surface area (Å²) in [6, 6.07) is 2.48. The molecule has 2 aromatic rings. The largest absolute Gasteiger partial charge is 0.364 e. The molecule has 0 aliphatic carbocycles. The minimum atomic E-state index is 0.550. The van der Waals surface area contributed by atoms with Gasteiger partial charge in [-0.15, -0.1) is 10.2 Å². The first kappa shape index (κ1) is 15.2. The Morgan fingerprint density at radius 3 is 3.00 bits per heavy atom. The molecule has 3 rings (SSSR count). The molecule has 1 aliphatic rings. The molecular weight excluding hydrogens is 280 g/mol. The molecule has 2 aromatic heterocycles. The molecule has 0 spiro atoms. The Labute approximate surface area is 130 Å². The first-order chi connectivity index (χ1) is 10.7. The van der Waals surface area contributed by atoms with E-state index >= 15 is 0 Å². The van der Waals surface area contributed by atoms with Crippen LogP contribution in [0.2, 0.25) is 0 Å². The molecule has 0 N–H and O–H groups in total. The predicted octanol–water partition coefficient (Wildman–Crippen LogP) is 1.30. The molecule has 1 aliphatic heterocycles. The quantitative estimate of drug-likeness (QED) is 0.801. The van der Waals surface area contributed by atoms with E-state index < -0.39 is 0 Å². The van der Waals surface area contributed by atoms with Gasteiger partial charge in [-0.25, -0.2) is 0 Å². The van der Waals surface area contributed by atoms with Crippen LogP contribution in [-0.2, 0) is 19.6 Å². The number of aryl methyl sites for hydroxylation is 1. The van der Waals surface area contributed by atoms with Crippen LogP contribution >= 0.6 is 0 Å². The summed E-state index contributed by atoms with van der Waals surface area (Å²) < 4.78 is 7.08. The highest BCUT2D eigenvalue weighted by molar-refractivity contribution is 4.98. The minimum Gasteiger partial charge on any atom is -0.364 e. The van der Waals surface area contributed by atoms with E-state index in [-0.39, 0.29) is 0 Å². The summed E-state index contributed by atoms with van der Waals surface area (Å²) in [7, 11) is 2.17. The molecule has 0 amide bonds. The van der Waals surface area contributed by atoms with Gasteiger partial charge < -0.3 is 9.09 Å². The van der Waals surface area contributed by atoms with Gasteiger partial charge in [-0.05, 0) is 27.3 Å².